The van der Waals surface area contributed by atoms with Crippen LogP contribution in [0, 0.1) is 0 Å². The number of nitrogens with one attached hydrogen (secondary N) is 1. The van der Waals surface area contributed by atoms with Crippen molar-refractivity contribution in [3.8, 4) is 0 Å². The van der Waals surface area contributed by atoms with Gasteiger partial charge in [0.05, 0.1) is 17.0 Å². The van der Waals surface area contributed by atoms with Crippen LogP contribution in [0.15, 0.2) is 53.5 Å². The molecule has 1 fully saturated rings. The molecule has 1 aliphatic heterocycles. The van der Waals surface area contributed by atoms with Crippen LogP contribution in [-0.4, -0.2) is 45.6 Å². The molecule has 1 saturated heterocycles. The number of aromatic nitrogens is 2. The van der Waals surface area contributed by atoms with Crippen LogP contribution in [0.1, 0.15) is 36.0 Å². The number of benzene rings is 2. The van der Waals surface area contributed by atoms with Gasteiger partial charge in [-0.25, -0.2) is 4.98 Å². The maximum absolute atomic E-state index is 12.6. The first-order chi connectivity index (χ1) is 13.0. The van der Waals surface area contributed by atoms with Gasteiger partial charge >= 0.3 is 0 Å². The Morgan fingerprint density at radius 2 is 1.81 bits per heavy atom. The highest BCUT2D eigenvalue weighted by molar-refractivity contribution is 6.04. The van der Waals surface area contributed by atoms with Gasteiger partial charge in [-0.3, -0.25) is 9.59 Å². The van der Waals surface area contributed by atoms with Crippen LogP contribution in [0.25, 0.3) is 11.0 Å². The van der Waals surface area contributed by atoms with Crippen LogP contribution in [0.3, 0.4) is 0 Å². The Bertz CT molecular complexity index is 1020. The SMILES string of the molecule is CC(=O)N=C(N)c1ccc(C(=O)N2CC(c3nc4ccccc4[nH]3)C2)cc1.[HH]. The van der Waals surface area contributed by atoms with Gasteiger partial charge in [-0.1, -0.05) is 24.3 Å². The third-order valence-electron chi connectivity index (χ3n) is 4.67. The molecule has 1 aromatic heterocycles. The zero-order valence-corrected chi connectivity index (χ0v) is 14.8. The Labute approximate surface area is 157 Å². The number of rotatable bonds is 3. The van der Waals surface area contributed by atoms with E-state index in [0.717, 1.165) is 16.9 Å². The number of H-pyrrole nitrogens is 1. The van der Waals surface area contributed by atoms with Crippen LogP contribution < -0.4 is 5.73 Å². The van der Waals surface area contributed by atoms with Gasteiger partial charge in [-0.2, -0.15) is 4.99 Å². The molecule has 4 rings (SSSR count). The Kier molecular flexibility index (Phi) is 4.19. The van der Waals surface area contributed by atoms with Gasteiger partial charge in [0, 0.05) is 32.6 Å². The minimum absolute atomic E-state index is 0. The van der Waals surface area contributed by atoms with E-state index in [0.29, 0.717) is 24.2 Å². The van der Waals surface area contributed by atoms with Crippen molar-refractivity contribution in [1.82, 2.24) is 14.9 Å². The number of likely N-dealkylation sites (tertiary alicyclic amines) is 1. The fourth-order valence-electron chi connectivity index (χ4n) is 3.18. The lowest BCUT2D eigenvalue weighted by Crippen LogP contribution is -2.48. The Morgan fingerprint density at radius 3 is 2.48 bits per heavy atom. The first-order valence-corrected chi connectivity index (χ1v) is 8.70. The lowest BCUT2D eigenvalue weighted by Gasteiger charge is -2.38. The fourth-order valence-corrected chi connectivity index (χ4v) is 3.18. The van der Waals surface area contributed by atoms with E-state index < -0.39 is 0 Å². The van der Waals surface area contributed by atoms with Gasteiger partial charge in [-0.05, 0) is 24.3 Å². The highest BCUT2D eigenvalue weighted by Gasteiger charge is 2.34. The van der Waals surface area contributed by atoms with Crippen LogP contribution in [0.2, 0.25) is 0 Å². The summed E-state index contributed by atoms with van der Waals surface area (Å²) < 4.78 is 0. The van der Waals surface area contributed by atoms with Crippen molar-refractivity contribution in [2.45, 2.75) is 12.8 Å². The van der Waals surface area contributed by atoms with Crippen molar-refractivity contribution < 1.29 is 11.0 Å². The van der Waals surface area contributed by atoms with Crippen LogP contribution in [0.4, 0.5) is 0 Å². The van der Waals surface area contributed by atoms with Crippen molar-refractivity contribution in [2.75, 3.05) is 13.1 Å². The zero-order chi connectivity index (χ0) is 19.0. The predicted molar refractivity (Wildman–Crippen MR) is 105 cm³/mol. The molecule has 1 aliphatic rings. The molecule has 7 heteroatoms. The molecule has 2 aromatic carbocycles. The number of amides is 2. The number of hydrogen-bond acceptors (Lipinski definition) is 3. The lowest BCUT2D eigenvalue weighted by molar-refractivity contribution is -0.115. The monoisotopic (exact) mass is 363 g/mol. The Hall–Kier alpha value is -3.48. The first kappa shape index (κ1) is 17.0. The minimum Gasteiger partial charge on any atom is -0.383 e. The quantitative estimate of drug-likeness (QED) is 0.550. The predicted octanol–water partition coefficient (Wildman–Crippen LogP) is 2.30. The number of nitrogens with zero attached hydrogens (tertiary/aromatic N) is 3. The second kappa shape index (κ2) is 6.68. The second-order valence-corrected chi connectivity index (χ2v) is 6.64. The molecule has 2 amide bonds. The molecule has 7 nitrogen and oxygen atoms in total. The zero-order valence-electron chi connectivity index (χ0n) is 14.8. The van der Waals surface area contributed by atoms with Crippen LogP contribution in [-0.2, 0) is 4.79 Å². The number of aliphatic imine (C=N–C) groups is 1. The Morgan fingerprint density at radius 1 is 1.15 bits per heavy atom. The number of carbonyl (C=O) groups is 2. The number of carbonyl (C=O) groups excluding carboxylic acids is 2. The largest absolute Gasteiger partial charge is 0.383 e. The van der Waals surface area contributed by atoms with E-state index in [9.17, 15) is 9.59 Å². The van der Waals surface area contributed by atoms with Gasteiger partial charge < -0.3 is 15.6 Å². The summed E-state index contributed by atoms with van der Waals surface area (Å²) in [7, 11) is 0. The normalized spacial score (nSPS) is 15.0. The molecule has 0 spiro atoms. The standard InChI is InChI=1S/C20H19N5O2.H2/c1-12(26)22-18(21)13-6-8-14(9-7-13)20(27)25-10-15(11-25)19-23-16-4-2-3-5-17(16)24-19;/h2-9,15H,10-11H2,1H3,(H,23,24)(H2,21,22,26);1H. The van der Waals surface area contributed by atoms with E-state index in [2.05, 4.69) is 15.0 Å². The summed E-state index contributed by atoms with van der Waals surface area (Å²) in [6, 6.07) is 14.7. The summed E-state index contributed by atoms with van der Waals surface area (Å²) in [5.74, 6) is 0.902. The van der Waals surface area contributed by atoms with E-state index >= 15 is 0 Å². The van der Waals surface area contributed by atoms with E-state index in [4.69, 9.17) is 5.73 Å². The average Bonchev–Trinajstić information content (AvgIpc) is 3.03. The van der Waals surface area contributed by atoms with Crippen LogP contribution in [0.5, 0.6) is 0 Å². The molecule has 0 atom stereocenters. The van der Waals surface area contributed by atoms with Crippen molar-refractivity contribution in [2.24, 2.45) is 10.7 Å². The molecule has 0 aliphatic carbocycles. The molecule has 138 valence electrons. The molecule has 0 saturated carbocycles. The molecule has 0 unspecified atom stereocenters. The third kappa shape index (κ3) is 3.31. The summed E-state index contributed by atoms with van der Waals surface area (Å²) in [5.41, 5.74) is 8.91. The molecular weight excluding hydrogens is 342 g/mol. The molecule has 0 radical (unpaired) electrons. The second-order valence-electron chi connectivity index (χ2n) is 6.64. The molecule has 3 N–H and O–H groups in total. The van der Waals surface area contributed by atoms with Gasteiger partial charge in [-0.15, -0.1) is 0 Å². The highest BCUT2D eigenvalue weighted by Crippen LogP contribution is 2.28. The number of amidine groups is 1. The van der Waals surface area contributed by atoms with E-state index in [1.54, 1.807) is 29.2 Å². The number of fused-ring (bicyclic) bond motifs is 1. The van der Waals surface area contributed by atoms with E-state index in [1.807, 2.05) is 24.3 Å². The van der Waals surface area contributed by atoms with Crippen molar-refractivity contribution >= 4 is 28.7 Å². The number of hydrogen-bond donors (Lipinski definition) is 2. The molecule has 3 aromatic rings. The maximum Gasteiger partial charge on any atom is 0.253 e. The number of para-hydroxylation sites is 2. The number of imidazole rings is 1. The summed E-state index contributed by atoms with van der Waals surface area (Å²) in [5, 5.41) is 0. The number of nitrogens with two attached hydrogens (primary N) is 1. The first-order valence-electron chi connectivity index (χ1n) is 8.70. The summed E-state index contributed by atoms with van der Waals surface area (Å²) in [6.07, 6.45) is 0. The molecule has 27 heavy (non-hydrogen) atoms. The third-order valence-corrected chi connectivity index (χ3v) is 4.67. The van der Waals surface area contributed by atoms with E-state index in [-0.39, 0.29) is 25.0 Å². The fraction of sp³-hybridized carbons (Fsp3) is 0.200. The summed E-state index contributed by atoms with van der Waals surface area (Å²) in [6.45, 7) is 2.61. The average molecular weight is 363 g/mol. The Balaban J connectivity index is 0.00000225. The van der Waals surface area contributed by atoms with E-state index in [1.165, 1.54) is 6.92 Å². The maximum atomic E-state index is 12.6. The summed E-state index contributed by atoms with van der Waals surface area (Å²) >= 11 is 0. The lowest BCUT2D eigenvalue weighted by atomic mass is 9.98. The van der Waals surface area contributed by atoms with Crippen molar-refractivity contribution in [1.29, 1.82) is 0 Å². The highest BCUT2D eigenvalue weighted by atomic mass is 16.2. The molecule has 0 bridgehead atoms. The van der Waals surface area contributed by atoms with Crippen molar-refractivity contribution in [3.63, 3.8) is 0 Å². The van der Waals surface area contributed by atoms with Gasteiger partial charge in [0.2, 0.25) is 5.91 Å². The summed E-state index contributed by atoms with van der Waals surface area (Å²) in [4.78, 5) is 37.0. The van der Waals surface area contributed by atoms with Crippen molar-refractivity contribution in [3.05, 3.63) is 65.5 Å². The van der Waals surface area contributed by atoms with Crippen LogP contribution >= 0.6 is 0 Å². The smallest absolute Gasteiger partial charge is 0.253 e. The molecular formula is C20H21N5O2. The minimum atomic E-state index is -0.357. The number of aromatic amines is 1. The molecule has 2 heterocycles. The van der Waals surface area contributed by atoms with Gasteiger partial charge in [0.25, 0.3) is 5.91 Å². The van der Waals surface area contributed by atoms with Gasteiger partial charge in [0.1, 0.15) is 11.7 Å². The van der Waals surface area contributed by atoms with Gasteiger partial charge in [0.15, 0.2) is 0 Å². The topological polar surface area (TPSA) is 104 Å².